The Morgan fingerprint density at radius 2 is 1.80 bits per heavy atom. The second-order valence-electron chi connectivity index (χ2n) is 10.4. The molecule has 0 heterocycles. The summed E-state index contributed by atoms with van der Waals surface area (Å²) in [5.74, 6) is 0.0425. The summed E-state index contributed by atoms with van der Waals surface area (Å²) in [7, 11) is -4.34. The second kappa shape index (κ2) is 7.33. The van der Waals surface area contributed by atoms with Gasteiger partial charge in [0.1, 0.15) is 11.7 Å². The summed E-state index contributed by atoms with van der Waals surface area (Å²) in [5.41, 5.74) is 0.653. The molecular weight excluding hydrogens is 408 g/mol. The summed E-state index contributed by atoms with van der Waals surface area (Å²) in [6.07, 6.45) is 5.66. The fourth-order valence-electron chi connectivity index (χ4n) is 6.91. The summed E-state index contributed by atoms with van der Waals surface area (Å²) in [4.78, 5) is 24.3. The predicted octanol–water partition coefficient (Wildman–Crippen LogP) is 3.09. The van der Waals surface area contributed by atoms with Gasteiger partial charge in [0.15, 0.2) is 0 Å². The molecule has 0 saturated heterocycles. The van der Waals surface area contributed by atoms with E-state index in [-0.39, 0.29) is 41.9 Å². The van der Waals surface area contributed by atoms with Crippen LogP contribution in [-0.2, 0) is 29.2 Å². The molecular formula is C22H31O7S-. The van der Waals surface area contributed by atoms with Crippen molar-refractivity contribution in [1.29, 1.82) is 0 Å². The standard InChI is InChI=1S/C22H32O7S/c1-13-16(4-5-21(13,3)12-30(25,26)27)8-19(24)28-20-17-6-15-7-18(20)11-22(9-15,10-17)29-14(2)23/h15,17-18,20H,4-12H2,1-3H3,(H,25,26,27)/p-1. The maximum Gasteiger partial charge on any atom is 0.310 e. The van der Waals surface area contributed by atoms with Crippen LogP contribution in [0.3, 0.4) is 0 Å². The topological polar surface area (TPSA) is 110 Å². The van der Waals surface area contributed by atoms with Gasteiger partial charge in [0.05, 0.1) is 16.5 Å². The first-order valence-corrected chi connectivity index (χ1v) is 12.5. The van der Waals surface area contributed by atoms with Crippen LogP contribution in [0.15, 0.2) is 11.1 Å². The van der Waals surface area contributed by atoms with Crippen LogP contribution in [-0.4, -0.2) is 42.4 Å². The van der Waals surface area contributed by atoms with Crippen LogP contribution in [0.1, 0.15) is 72.1 Å². The summed E-state index contributed by atoms with van der Waals surface area (Å²) in [6, 6.07) is 0. The third kappa shape index (κ3) is 4.17. The summed E-state index contributed by atoms with van der Waals surface area (Å²) < 4.78 is 45.5. The maximum absolute atomic E-state index is 12.8. The van der Waals surface area contributed by atoms with Gasteiger partial charge in [0.25, 0.3) is 0 Å². The van der Waals surface area contributed by atoms with Gasteiger partial charge in [-0.15, -0.1) is 0 Å². The third-order valence-corrected chi connectivity index (χ3v) is 9.02. The largest absolute Gasteiger partial charge is 0.748 e. The SMILES string of the molecule is CC(=O)OC12CC3CC(C1)C(OC(=O)CC1=C(C)C(C)(CS(=O)(=O)[O-])CC1)C(C3)C2. The Kier molecular flexibility index (Phi) is 5.33. The minimum absolute atomic E-state index is 0.131. The van der Waals surface area contributed by atoms with Gasteiger partial charge in [0, 0.05) is 29.9 Å². The molecule has 0 N–H and O–H groups in total. The normalized spacial score (nSPS) is 40.0. The number of hydrogen-bond donors (Lipinski definition) is 0. The van der Waals surface area contributed by atoms with E-state index >= 15 is 0 Å². The summed E-state index contributed by atoms with van der Waals surface area (Å²) in [5, 5.41) is 0. The van der Waals surface area contributed by atoms with E-state index in [4.69, 9.17) is 9.47 Å². The Labute approximate surface area is 178 Å². The van der Waals surface area contributed by atoms with Crippen molar-refractivity contribution >= 4 is 22.1 Å². The van der Waals surface area contributed by atoms with Gasteiger partial charge in [-0.3, -0.25) is 9.59 Å². The van der Waals surface area contributed by atoms with Gasteiger partial charge >= 0.3 is 11.9 Å². The number of esters is 2. The van der Waals surface area contributed by atoms with E-state index in [1.54, 1.807) is 6.92 Å². The molecule has 0 spiro atoms. The van der Waals surface area contributed by atoms with E-state index in [2.05, 4.69) is 0 Å². The molecule has 5 aliphatic rings. The zero-order valence-electron chi connectivity index (χ0n) is 17.9. The Balaban J connectivity index is 1.41. The molecule has 3 unspecified atom stereocenters. The molecule has 168 valence electrons. The number of carbonyl (C=O) groups excluding carboxylic acids is 2. The van der Waals surface area contributed by atoms with E-state index < -0.39 is 21.3 Å². The molecule has 0 amide bonds. The van der Waals surface area contributed by atoms with E-state index in [1.807, 2.05) is 6.92 Å². The molecule has 0 aromatic rings. The fourth-order valence-corrected chi connectivity index (χ4v) is 8.05. The molecule has 8 heteroatoms. The van der Waals surface area contributed by atoms with E-state index in [0.29, 0.717) is 18.8 Å². The van der Waals surface area contributed by atoms with Crippen LogP contribution in [0.4, 0.5) is 0 Å². The number of rotatable bonds is 6. The van der Waals surface area contributed by atoms with Crippen molar-refractivity contribution < 1.29 is 32.0 Å². The molecule has 0 aliphatic heterocycles. The minimum atomic E-state index is -4.34. The predicted molar refractivity (Wildman–Crippen MR) is 107 cm³/mol. The average molecular weight is 440 g/mol. The Morgan fingerprint density at radius 3 is 2.37 bits per heavy atom. The van der Waals surface area contributed by atoms with Gasteiger partial charge in [-0.2, -0.15) is 0 Å². The van der Waals surface area contributed by atoms with Crippen LogP contribution >= 0.6 is 0 Å². The van der Waals surface area contributed by atoms with Gasteiger partial charge in [-0.05, 0) is 57.8 Å². The van der Waals surface area contributed by atoms with Gasteiger partial charge in [-0.25, -0.2) is 8.42 Å². The monoisotopic (exact) mass is 439 g/mol. The average Bonchev–Trinajstić information content (AvgIpc) is 2.83. The van der Waals surface area contributed by atoms with Crippen molar-refractivity contribution in [3.8, 4) is 0 Å². The summed E-state index contributed by atoms with van der Waals surface area (Å²) >= 11 is 0. The fraction of sp³-hybridized carbons (Fsp3) is 0.818. The second-order valence-corrected chi connectivity index (χ2v) is 11.8. The number of carbonyl (C=O) groups is 2. The van der Waals surface area contributed by atoms with Crippen LogP contribution in [0.5, 0.6) is 0 Å². The Hall–Kier alpha value is -1.41. The highest BCUT2D eigenvalue weighted by Gasteiger charge is 2.58. The quantitative estimate of drug-likeness (QED) is 0.355. The lowest BCUT2D eigenvalue weighted by atomic mass is 9.53. The lowest BCUT2D eigenvalue weighted by Gasteiger charge is -2.58. The maximum atomic E-state index is 12.8. The van der Waals surface area contributed by atoms with Gasteiger partial charge < -0.3 is 14.0 Å². The minimum Gasteiger partial charge on any atom is -0.748 e. The van der Waals surface area contributed by atoms with E-state index in [9.17, 15) is 22.6 Å². The first kappa shape index (κ1) is 21.8. The molecule has 0 aromatic heterocycles. The molecule has 0 aromatic carbocycles. The highest BCUT2D eigenvalue weighted by Crippen LogP contribution is 2.58. The smallest absolute Gasteiger partial charge is 0.310 e. The van der Waals surface area contributed by atoms with Crippen molar-refractivity contribution in [1.82, 2.24) is 0 Å². The van der Waals surface area contributed by atoms with E-state index in [1.165, 1.54) is 6.92 Å². The van der Waals surface area contributed by atoms with Gasteiger partial charge in [0.2, 0.25) is 0 Å². The van der Waals surface area contributed by atoms with Crippen LogP contribution < -0.4 is 0 Å². The van der Waals surface area contributed by atoms with Gasteiger partial charge in [-0.1, -0.05) is 18.1 Å². The zero-order valence-corrected chi connectivity index (χ0v) is 18.8. The van der Waals surface area contributed by atoms with E-state index in [0.717, 1.165) is 43.3 Å². The first-order chi connectivity index (χ1) is 13.9. The number of allylic oxidation sites excluding steroid dienone is 1. The highest BCUT2D eigenvalue weighted by atomic mass is 32.2. The Bertz CT molecular complexity index is 873. The third-order valence-electron chi connectivity index (χ3n) is 8.03. The molecule has 4 saturated carbocycles. The zero-order chi connectivity index (χ0) is 21.9. The molecule has 5 aliphatic carbocycles. The summed E-state index contributed by atoms with van der Waals surface area (Å²) in [6.45, 7) is 5.06. The van der Waals surface area contributed by atoms with Crippen molar-refractivity contribution in [2.45, 2.75) is 83.8 Å². The lowest BCUT2D eigenvalue weighted by molar-refractivity contribution is -0.214. The molecule has 0 radical (unpaired) electrons. The molecule has 4 bridgehead atoms. The first-order valence-electron chi connectivity index (χ1n) is 10.9. The van der Waals surface area contributed by atoms with Crippen LogP contribution in [0.25, 0.3) is 0 Å². The number of hydrogen-bond acceptors (Lipinski definition) is 7. The molecule has 30 heavy (non-hydrogen) atoms. The van der Waals surface area contributed by atoms with Crippen LogP contribution in [0, 0.1) is 23.2 Å². The van der Waals surface area contributed by atoms with Crippen LogP contribution in [0.2, 0.25) is 0 Å². The van der Waals surface area contributed by atoms with Crippen molar-refractivity contribution in [2.75, 3.05) is 5.75 Å². The lowest BCUT2D eigenvalue weighted by Crippen LogP contribution is -2.59. The molecule has 7 nitrogen and oxygen atoms in total. The molecule has 5 rings (SSSR count). The van der Waals surface area contributed by atoms with Crippen molar-refractivity contribution in [3.05, 3.63) is 11.1 Å². The van der Waals surface area contributed by atoms with Crippen molar-refractivity contribution in [2.24, 2.45) is 23.2 Å². The van der Waals surface area contributed by atoms with Crippen molar-refractivity contribution in [3.63, 3.8) is 0 Å². The number of ether oxygens (including phenoxy) is 2. The molecule has 4 fully saturated rings. The Morgan fingerprint density at radius 1 is 1.17 bits per heavy atom. The molecule has 3 atom stereocenters. The highest BCUT2D eigenvalue weighted by molar-refractivity contribution is 7.85.